The van der Waals surface area contributed by atoms with Gasteiger partial charge in [0, 0.05) is 18.1 Å². The summed E-state index contributed by atoms with van der Waals surface area (Å²) in [4.78, 5) is 28.5. The summed E-state index contributed by atoms with van der Waals surface area (Å²) in [5, 5.41) is 9.39. The third kappa shape index (κ3) is 5.97. The van der Waals surface area contributed by atoms with E-state index in [1.807, 2.05) is 42.5 Å². The lowest BCUT2D eigenvalue weighted by atomic mass is 10.0. The van der Waals surface area contributed by atoms with E-state index in [2.05, 4.69) is 20.3 Å². The van der Waals surface area contributed by atoms with Crippen LogP contribution >= 0.6 is 11.3 Å². The van der Waals surface area contributed by atoms with Crippen molar-refractivity contribution in [2.75, 3.05) is 11.3 Å². The van der Waals surface area contributed by atoms with E-state index in [4.69, 9.17) is 0 Å². The molecule has 0 radical (unpaired) electrons. The second-order valence-electron chi connectivity index (χ2n) is 7.46. The summed E-state index contributed by atoms with van der Waals surface area (Å²) in [6.45, 7) is 0.0616. The highest BCUT2D eigenvalue weighted by atomic mass is 32.2. The zero-order valence-corrected chi connectivity index (χ0v) is 19.7. The molecule has 3 N–H and O–H groups in total. The van der Waals surface area contributed by atoms with Gasteiger partial charge in [0.05, 0.1) is 17.9 Å². The second kappa shape index (κ2) is 10.4. The maximum absolute atomic E-state index is 12.4. The average molecular weight is 495 g/mol. The van der Waals surface area contributed by atoms with Crippen LogP contribution in [0, 0.1) is 0 Å². The molecule has 0 unspecified atom stereocenters. The second-order valence-corrected chi connectivity index (χ2v) is 10.0. The Hall–Kier alpha value is -3.76. The third-order valence-electron chi connectivity index (χ3n) is 5.05. The molecule has 0 aliphatic rings. The summed E-state index contributed by atoms with van der Waals surface area (Å²) in [5.74, 6) is -0.581. The van der Waals surface area contributed by atoms with Gasteiger partial charge in [-0.25, -0.2) is 13.4 Å². The molecule has 34 heavy (non-hydrogen) atoms. The first-order valence-electron chi connectivity index (χ1n) is 10.4. The van der Waals surface area contributed by atoms with Gasteiger partial charge >= 0.3 is 0 Å². The summed E-state index contributed by atoms with van der Waals surface area (Å²) in [7, 11) is -3.73. The van der Waals surface area contributed by atoms with Gasteiger partial charge in [0.15, 0.2) is 5.13 Å². The lowest BCUT2D eigenvalue weighted by molar-refractivity contribution is -0.125. The molecule has 0 saturated carbocycles. The minimum absolute atomic E-state index is 0.0958. The fourth-order valence-electron chi connectivity index (χ4n) is 3.36. The van der Waals surface area contributed by atoms with Crippen LogP contribution in [0.3, 0.4) is 0 Å². The molecule has 4 rings (SSSR count). The predicted octanol–water partition coefficient (Wildman–Crippen LogP) is 3.07. The third-order valence-corrected chi connectivity index (χ3v) is 7.23. The van der Waals surface area contributed by atoms with Gasteiger partial charge in [-0.15, -0.1) is 11.3 Å². The number of hydrogen-bond acceptors (Lipinski definition) is 6. The van der Waals surface area contributed by atoms with E-state index < -0.39 is 10.0 Å². The predicted molar refractivity (Wildman–Crippen MR) is 132 cm³/mol. The molecule has 8 nitrogen and oxygen atoms in total. The summed E-state index contributed by atoms with van der Waals surface area (Å²) in [5.41, 5.74) is 1.62. The van der Waals surface area contributed by atoms with Crippen molar-refractivity contribution in [3.05, 3.63) is 89.4 Å². The molecule has 10 heteroatoms. The lowest BCUT2D eigenvalue weighted by Gasteiger charge is -2.09. The van der Waals surface area contributed by atoms with Gasteiger partial charge in [-0.2, -0.15) is 0 Å². The topological polar surface area (TPSA) is 117 Å². The van der Waals surface area contributed by atoms with E-state index in [0.29, 0.717) is 5.13 Å². The van der Waals surface area contributed by atoms with Crippen LogP contribution in [0.25, 0.3) is 10.8 Å². The van der Waals surface area contributed by atoms with Gasteiger partial charge in [-0.05, 0) is 34.0 Å². The number of fused-ring (bicyclic) bond motifs is 1. The molecule has 1 heterocycles. The van der Waals surface area contributed by atoms with Crippen molar-refractivity contribution < 1.29 is 18.0 Å². The fourth-order valence-corrected chi connectivity index (χ4v) is 5.15. The SMILES string of the molecule is O=C(CNC(=O)Cc1cccc2ccccc12)NCc1ccc(S(=O)(=O)Nc2nccs2)cc1. The smallest absolute Gasteiger partial charge is 0.263 e. The van der Waals surface area contributed by atoms with Crippen molar-refractivity contribution in [2.45, 2.75) is 17.9 Å². The maximum Gasteiger partial charge on any atom is 0.263 e. The van der Waals surface area contributed by atoms with E-state index in [1.54, 1.807) is 17.5 Å². The maximum atomic E-state index is 12.4. The Labute approximate surface area is 201 Å². The Morgan fingerprint density at radius 3 is 2.41 bits per heavy atom. The monoisotopic (exact) mass is 494 g/mol. The van der Waals surface area contributed by atoms with Crippen molar-refractivity contribution >= 4 is 49.1 Å². The van der Waals surface area contributed by atoms with E-state index in [-0.39, 0.29) is 36.2 Å². The number of nitrogens with one attached hydrogen (secondary N) is 3. The molecular weight excluding hydrogens is 472 g/mol. The van der Waals surface area contributed by atoms with Crippen LogP contribution in [0.15, 0.2) is 83.2 Å². The van der Waals surface area contributed by atoms with Crippen LogP contribution in [0.1, 0.15) is 11.1 Å². The molecule has 174 valence electrons. The molecule has 3 aromatic carbocycles. The van der Waals surface area contributed by atoms with E-state index >= 15 is 0 Å². The quantitative estimate of drug-likeness (QED) is 0.331. The number of nitrogens with zero attached hydrogens (tertiary/aromatic N) is 1. The number of sulfonamides is 1. The van der Waals surface area contributed by atoms with Crippen molar-refractivity contribution in [1.29, 1.82) is 0 Å². The largest absolute Gasteiger partial charge is 0.350 e. The highest BCUT2D eigenvalue weighted by Crippen LogP contribution is 2.19. The number of carbonyl (C=O) groups is 2. The lowest BCUT2D eigenvalue weighted by Crippen LogP contribution is -2.37. The van der Waals surface area contributed by atoms with Gasteiger partial charge in [0.25, 0.3) is 10.0 Å². The van der Waals surface area contributed by atoms with Crippen LogP contribution in [0.5, 0.6) is 0 Å². The van der Waals surface area contributed by atoms with Crippen molar-refractivity contribution in [1.82, 2.24) is 15.6 Å². The van der Waals surface area contributed by atoms with Crippen LogP contribution in [0.4, 0.5) is 5.13 Å². The Morgan fingerprint density at radius 1 is 0.882 bits per heavy atom. The first-order chi connectivity index (χ1) is 16.4. The van der Waals surface area contributed by atoms with Crippen LogP contribution in [0.2, 0.25) is 0 Å². The Balaban J connectivity index is 1.25. The Morgan fingerprint density at radius 2 is 1.65 bits per heavy atom. The van der Waals surface area contributed by atoms with Crippen LogP contribution in [-0.4, -0.2) is 31.8 Å². The number of aromatic nitrogens is 1. The van der Waals surface area contributed by atoms with Crippen LogP contribution in [-0.2, 0) is 32.6 Å². The first kappa shape index (κ1) is 23.4. The van der Waals surface area contributed by atoms with E-state index in [9.17, 15) is 18.0 Å². The minimum atomic E-state index is -3.73. The fraction of sp³-hybridized carbons (Fsp3) is 0.125. The molecule has 4 aromatic rings. The zero-order valence-electron chi connectivity index (χ0n) is 18.0. The standard InChI is InChI=1S/C24H22N4O4S2/c29-22(14-19-6-3-5-18-4-1-2-7-21(18)19)27-16-23(30)26-15-17-8-10-20(11-9-17)34(31,32)28-24-25-12-13-33-24/h1-13H,14-16H2,(H,25,28)(H,26,30)(H,27,29). The number of benzene rings is 3. The minimum Gasteiger partial charge on any atom is -0.350 e. The van der Waals surface area contributed by atoms with Gasteiger partial charge in [-0.1, -0.05) is 54.6 Å². The van der Waals surface area contributed by atoms with Crippen molar-refractivity contribution in [3.63, 3.8) is 0 Å². The molecule has 0 aliphatic carbocycles. The number of amides is 2. The Bertz CT molecular complexity index is 1400. The van der Waals surface area contributed by atoms with Gasteiger partial charge in [0.2, 0.25) is 11.8 Å². The van der Waals surface area contributed by atoms with Crippen molar-refractivity contribution in [3.8, 4) is 0 Å². The summed E-state index contributed by atoms with van der Waals surface area (Å²) >= 11 is 1.19. The zero-order chi connectivity index (χ0) is 24.0. The highest BCUT2D eigenvalue weighted by Gasteiger charge is 2.15. The molecular formula is C24H22N4O4S2. The van der Waals surface area contributed by atoms with Gasteiger partial charge in [-0.3, -0.25) is 14.3 Å². The number of hydrogen-bond donors (Lipinski definition) is 3. The Kier molecular flexibility index (Phi) is 7.19. The number of rotatable bonds is 9. The normalized spacial score (nSPS) is 11.2. The molecule has 0 aliphatic heterocycles. The van der Waals surface area contributed by atoms with Crippen molar-refractivity contribution in [2.24, 2.45) is 0 Å². The summed E-state index contributed by atoms with van der Waals surface area (Å²) in [6, 6.07) is 19.8. The summed E-state index contributed by atoms with van der Waals surface area (Å²) in [6.07, 6.45) is 1.69. The van der Waals surface area contributed by atoms with Gasteiger partial charge < -0.3 is 10.6 Å². The average Bonchev–Trinajstić information content (AvgIpc) is 3.34. The molecule has 2 amide bonds. The molecule has 0 spiro atoms. The van der Waals surface area contributed by atoms with Gasteiger partial charge in [0.1, 0.15) is 0 Å². The van der Waals surface area contributed by atoms with Crippen LogP contribution < -0.4 is 15.4 Å². The summed E-state index contributed by atoms with van der Waals surface area (Å²) < 4.78 is 27.2. The number of thiazole rings is 1. The first-order valence-corrected chi connectivity index (χ1v) is 12.8. The molecule has 0 saturated heterocycles. The van der Waals surface area contributed by atoms with E-state index in [0.717, 1.165) is 21.9 Å². The molecule has 0 bridgehead atoms. The molecule has 0 atom stereocenters. The highest BCUT2D eigenvalue weighted by molar-refractivity contribution is 7.93. The van der Waals surface area contributed by atoms with E-state index in [1.165, 1.54) is 29.7 Å². The molecule has 1 aromatic heterocycles. The number of carbonyl (C=O) groups excluding carboxylic acids is 2. The molecule has 0 fully saturated rings. The number of anilines is 1.